The van der Waals surface area contributed by atoms with Gasteiger partial charge in [-0.1, -0.05) is 6.07 Å². The number of pyridine rings is 2. The van der Waals surface area contributed by atoms with Crippen LogP contribution in [0.15, 0.2) is 48.9 Å². The van der Waals surface area contributed by atoms with Gasteiger partial charge in [0.1, 0.15) is 11.5 Å². The number of likely N-dealkylation sites (tertiary alicyclic amines) is 1. The SMILES string of the molecule is Cc1cnc(C(=O)N2CCC(c3ccc(Nc4cccc(C)n4)cn3)CC2)cn1. The fraction of sp³-hybridized carbons (Fsp3) is 0.318. The molecule has 3 aromatic heterocycles. The van der Waals surface area contributed by atoms with Gasteiger partial charge in [0.05, 0.1) is 23.8 Å². The number of hydrogen-bond acceptors (Lipinski definition) is 6. The molecule has 3 aromatic rings. The molecule has 7 nitrogen and oxygen atoms in total. The maximum atomic E-state index is 12.6. The molecule has 0 spiro atoms. The van der Waals surface area contributed by atoms with Crippen molar-refractivity contribution in [2.24, 2.45) is 0 Å². The number of aryl methyl sites for hydroxylation is 2. The molecule has 0 unspecified atom stereocenters. The summed E-state index contributed by atoms with van der Waals surface area (Å²) in [5.41, 5.74) is 4.17. The molecule has 29 heavy (non-hydrogen) atoms. The highest BCUT2D eigenvalue weighted by Gasteiger charge is 2.26. The minimum absolute atomic E-state index is 0.0471. The third kappa shape index (κ3) is 4.56. The summed E-state index contributed by atoms with van der Waals surface area (Å²) in [5, 5.41) is 3.28. The number of carbonyl (C=O) groups excluding carboxylic acids is 1. The van der Waals surface area contributed by atoms with E-state index in [1.54, 1.807) is 12.4 Å². The molecule has 1 saturated heterocycles. The number of hydrogen-bond donors (Lipinski definition) is 1. The van der Waals surface area contributed by atoms with E-state index in [9.17, 15) is 4.79 Å². The molecule has 0 saturated carbocycles. The van der Waals surface area contributed by atoms with Gasteiger partial charge in [-0.05, 0) is 51.0 Å². The summed E-state index contributed by atoms with van der Waals surface area (Å²) in [7, 11) is 0. The highest BCUT2D eigenvalue weighted by atomic mass is 16.2. The van der Waals surface area contributed by atoms with Crippen LogP contribution < -0.4 is 5.32 Å². The number of piperidine rings is 1. The van der Waals surface area contributed by atoms with Crippen LogP contribution in [0.2, 0.25) is 0 Å². The number of carbonyl (C=O) groups is 1. The third-order valence-corrected chi connectivity index (χ3v) is 5.15. The lowest BCUT2D eigenvalue weighted by Crippen LogP contribution is -2.38. The zero-order valence-electron chi connectivity index (χ0n) is 16.7. The third-order valence-electron chi connectivity index (χ3n) is 5.15. The lowest BCUT2D eigenvalue weighted by molar-refractivity contribution is 0.0705. The predicted molar refractivity (Wildman–Crippen MR) is 111 cm³/mol. The van der Waals surface area contributed by atoms with E-state index < -0.39 is 0 Å². The first-order valence-corrected chi connectivity index (χ1v) is 9.83. The standard InChI is InChI=1S/C22H24N6O/c1-15-4-3-5-21(26-15)27-18-6-7-19(25-13-18)17-8-10-28(11-9-17)22(29)20-14-23-16(2)12-24-20/h3-7,12-14,17H,8-11H2,1-2H3,(H,26,27). The first-order valence-electron chi connectivity index (χ1n) is 9.83. The molecule has 0 atom stereocenters. The van der Waals surface area contributed by atoms with E-state index in [1.807, 2.05) is 49.2 Å². The summed E-state index contributed by atoms with van der Waals surface area (Å²) in [6.07, 6.45) is 6.82. The summed E-state index contributed by atoms with van der Waals surface area (Å²) in [6, 6.07) is 9.97. The molecule has 0 aliphatic carbocycles. The Labute approximate surface area is 170 Å². The number of nitrogens with one attached hydrogen (secondary N) is 1. The lowest BCUT2D eigenvalue weighted by atomic mass is 9.93. The second kappa shape index (κ2) is 8.34. The maximum absolute atomic E-state index is 12.6. The normalized spacial score (nSPS) is 14.6. The van der Waals surface area contributed by atoms with Crippen LogP contribution in [0.5, 0.6) is 0 Å². The fourth-order valence-corrected chi connectivity index (χ4v) is 3.52. The van der Waals surface area contributed by atoms with Gasteiger partial charge in [-0.15, -0.1) is 0 Å². The predicted octanol–water partition coefficient (Wildman–Crippen LogP) is 3.65. The summed E-state index contributed by atoms with van der Waals surface area (Å²) in [5.74, 6) is 1.12. The fourth-order valence-electron chi connectivity index (χ4n) is 3.52. The lowest BCUT2D eigenvalue weighted by Gasteiger charge is -2.31. The Morgan fingerprint density at radius 2 is 1.79 bits per heavy atom. The van der Waals surface area contributed by atoms with Crippen molar-refractivity contribution in [3.8, 4) is 0 Å². The van der Waals surface area contributed by atoms with Crippen LogP contribution in [0.3, 0.4) is 0 Å². The Morgan fingerprint density at radius 3 is 2.45 bits per heavy atom. The first kappa shape index (κ1) is 19.0. The van der Waals surface area contributed by atoms with Crippen molar-refractivity contribution in [3.05, 3.63) is 71.7 Å². The number of anilines is 2. The molecule has 1 N–H and O–H groups in total. The van der Waals surface area contributed by atoms with E-state index in [-0.39, 0.29) is 5.91 Å². The number of nitrogens with zero attached hydrogens (tertiary/aromatic N) is 5. The van der Waals surface area contributed by atoms with Gasteiger partial charge in [0, 0.05) is 36.6 Å². The number of amides is 1. The molecule has 0 aromatic carbocycles. The van der Waals surface area contributed by atoms with E-state index in [2.05, 4.69) is 31.3 Å². The molecule has 0 radical (unpaired) electrons. The zero-order valence-corrected chi connectivity index (χ0v) is 16.7. The summed E-state index contributed by atoms with van der Waals surface area (Å²) in [4.78, 5) is 31.9. The van der Waals surface area contributed by atoms with Crippen molar-refractivity contribution in [3.63, 3.8) is 0 Å². The Balaban J connectivity index is 1.34. The number of rotatable bonds is 4. The van der Waals surface area contributed by atoms with Crippen LogP contribution in [0, 0.1) is 13.8 Å². The second-order valence-electron chi connectivity index (χ2n) is 7.37. The van der Waals surface area contributed by atoms with Crippen molar-refractivity contribution in [2.75, 3.05) is 18.4 Å². The number of aromatic nitrogens is 4. The van der Waals surface area contributed by atoms with Gasteiger partial charge in [0.15, 0.2) is 0 Å². The molecule has 4 heterocycles. The van der Waals surface area contributed by atoms with Crippen molar-refractivity contribution in [1.29, 1.82) is 0 Å². The van der Waals surface area contributed by atoms with Crippen LogP contribution in [0.1, 0.15) is 46.3 Å². The molecule has 1 amide bonds. The van der Waals surface area contributed by atoms with Gasteiger partial charge >= 0.3 is 0 Å². The van der Waals surface area contributed by atoms with Crippen LogP contribution >= 0.6 is 0 Å². The quantitative estimate of drug-likeness (QED) is 0.734. The summed E-state index contributed by atoms with van der Waals surface area (Å²) >= 11 is 0. The Hall–Kier alpha value is -3.35. The van der Waals surface area contributed by atoms with E-state index in [4.69, 9.17) is 0 Å². The molecule has 1 fully saturated rings. The average Bonchev–Trinajstić information content (AvgIpc) is 2.75. The van der Waals surface area contributed by atoms with Crippen LogP contribution in [0.4, 0.5) is 11.5 Å². The second-order valence-corrected chi connectivity index (χ2v) is 7.37. The molecule has 0 bridgehead atoms. The Morgan fingerprint density at radius 1 is 0.966 bits per heavy atom. The smallest absolute Gasteiger partial charge is 0.274 e. The van der Waals surface area contributed by atoms with Crippen LogP contribution in [-0.2, 0) is 0 Å². The highest BCUT2D eigenvalue weighted by Crippen LogP contribution is 2.28. The molecule has 7 heteroatoms. The Bertz CT molecular complexity index is 979. The monoisotopic (exact) mass is 388 g/mol. The first-order chi connectivity index (χ1) is 14.1. The van der Waals surface area contributed by atoms with E-state index >= 15 is 0 Å². The van der Waals surface area contributed by atoms with Crippen molar-refractivity contribution < 1.29 is 4.79 Å². The van der Waals surface area contributed by atoms with Crippen molar-refractivity contribution in [2.45, 2.75) is 32.6 Å². The highest BCUT2D eigenvalue weighted by molar-refractivity contribution is 5.92. The Kier molecular flexibility index (Phi) is 5.46. The molecule has 148 valence electrons. The van der Waals surface area contributed by atoms with E-state index in [0.29, 0.717) is 24.7 Å². The van der Waals surface area contributed by atoms with Crippen LogP contribution in [-0.4, -0.2) is 43.8 Å². The maximum Gasteiger partial charge on any atom is 0.274 e. The molecular weight excluding hydrogens is 364 g/mol. The largest absolute Gasteiger partial charge is 0.339 e. The van der Waals surface area contributed by atoms with Crippen molar-refractivity contribution in [1.82, 2.24) is 24.8 Å². The van der Waals surface area contributed by atoms with Crippen LogP contribution in [0.25, 0.3) is 0 Å². The van der Waals surface area contributed by atoms with Crippen molar-refractivity contribution >= 4 is 17.4 Å². The van der Waals surface area contributed by atoms with E-state index in [1.165, 1.54) is 0 Å². The van der Waals surface area contributed by atoms with E-state index in [0.717, 1.165) is 41.4 Å². The summed E-state index contributed by atoms with van der Waals surface area (Å²) < 4.78 is 0. The topological polar surface area (TPSA) is 83.9 Å². The van der Waals surface area contributed by atoms with Gasteiger partial charge < -0.3 is 10.2 Å². The minimum Gasteiger partial charge on any atom is -0.339 e. The molecule has 1 aliphatic heterocycles. The molecule has 4 rings (SSSR count). The minimum atomic E-state index is -0.0471. The molecular formula is C22H24N6O. The van der Waals surface area contributed by atoms with Gasteiger partial charge in [0.2, 0.25) is 0 Å². The van der Waals surface area contributed by atoms with Gasteiger partial charge in [-0.2, -0.15) is 0 Å². The average molecular weight is 388 g/mol. The van der Waals surface area contributed by atoms with Gasteiger partial charge in [0.25, 0.3) is 5.91 Å². The van der Waals surface area contributed by atoms with Gasteiger partial charge in [-0.3, -0.25) is 14.8 Å². The zero-order chi connectivity index (χ0) is 20.2. The summed E-state index contributed by atoms with van der Waals surface area (Å²) in [6.45, 7) is 5.23. The van der Waals surface area contributed by atoms with Gasteiger partial charge in [-0.25, -0.2) is 9.97 Å². The molecule has 1 aliphatic rings.